The van der Waals surface area contributed by atoms with Crippen LogP contribution in [0.15, 0.2) is 40.8 Å². The van der Waals surface area contributed by atoms with Gasteiger partial charge in [-0.2, -0.15) is 17.5 Å². The highest BCUT2D eigenvalue weighted by Gasteiger charge is 2.50. The first-order valence-electron chi connectivity index (χ1n) is 8.12. The average Bonchev–Trinajstić information content (AvgIpc) is 3.32. The molecule has 2 bridgehead atoms. The Morgan fingerprint density at radius 3 is 2.24 bits per heavy atom. The second-order valence-electron chi connectivity index (χ2n) is 6.83. The standard InChI is InChI=1S/C17H16F3NO3S/c18-17(19,20)11-3-5-14(6-4-11)25(23,24)21-12-7-13(22)9-16(21)15(8-12)10-1-2-10/h3-6,8,10,12,16H,1-2,7,9H2. The predicted octanol–water partition coefficient (Wildman–Crippen LogP) is 3.15. The Labute approximate surface area is 143 Å². The van der Waals surface area contributed by atoms with Crippen LogP contribution in [-0.4, -0.2) is 30.6 Å². The number of benzene rings is 1. The summed E-state index contributed by atoms with van der Waals surface area (Å²) in [5.41, 5.74) is 0.117. The van der Waals surface area contributed by atoms with Crippen LogP contribution in [-0.2, 0) is 21.0 Å². The molecule has 1 saturated heterocycles. The van der Waals surface area contributed by atoms with Crippen LogP contribution < -0.4 is 0 Å². The number of alkyl halides is 3. The highest BCUT2D eigenvalue weighted by atomic mass is 32.2. The number of carbonyl (C=O) groups excluding carboxylic acids is 1. The van der Waals surface area contributed by atoms with Gasteiger partial charge in [0.25, 0.3) is 0 Å². The largest absolute Gasteiger partial charge is 0.416 e. The number of Topliss-reactive ketones (excluding diaryl/α,β-unsaturated/α-hetero) is 1. The summed E-state index contributed by atoms with van der Waals surface area (Å²) in [6, 6.07) is 2.54. The highest BCUT2D eigenvalue weighted by molar-refractivity contribution is 7.89. The highest BCUT2D eigenvalue weighted by Crippen LogP contribution is 2.48. The Morgan fingerprint density at radius 2 is 1.68 bits per heavy atom. The van der Waals surface area contributed by atoms with Gasteiger partial charge in [0.05, 0.1) is 22.5 Å². The van der Waals surface area contributed by atoms with Crippen molar-refractivity contribution in [3.05, 3.63) is 41.5 Å². The van der Waals surface area contributed by atoms with E-state index in [9.17, 15) is 26.4 Å². The molecule has 3 aliphatic rings. The number of fused-ring (bicyclic) bond motifs is 2. The molecular weight excluding hydrogens is 355 g/mol. The van der Waals surface area contributed by atoms with E-state index in [2.05, 4.69) is 0 Å². The molecule has 4 rings (SSSR count). The molecule has 1 aliphatic carbocycles. The van der Waals surface area contributed by atoms with E-state index in [-0.39, 0.29) is 23.5 Å². The van der Waals surface area contributed by atoms with Crippen LogP contribution >= 0.6 is 0 Å². The zero-order valence-corrected chi connectivity index (χ0v) is 14.0. The van der Waals surface area contributed by atoms with Crippen molar-refractivity contribution < 1.29 is 26.4 Å². The van der Waals surface area contributed by atoms with E-state index >= 15 is 0 Å². The molecule has 0 N–H and O–H groups in total. The van der Waals surface area contributed by atoms with Gasteiger partial charge in [-0.05, 0) is 43.0 Å². The SMILES string of the molecule is O=C1CC2C=C(C3CC3)C(C1)N2S(=O)(=O)c1ccc(C(F)(F)F)cc1. The summed E-state index contributed by atoms with van der Waals surface area (Å²) >= 11 is 0. The molecule has 4 nitrogen and oxygen atoms in total. The lowest BCUT2D eigenvalue weighted by molar-refractivity contribution is -0.137. The summed E-state index contributed by atoms with van der Waals surface area (Å²) in [6.07, 6.45) is -0.353. The van der Waals surface area contributed by atoms with E-state index in [0.29, 0.717) is 5.92 Å². The third-order valence-corrected chi connectivity index (χ3v) is 7.02. The molecule has 1 aromatic carbocycles. The monoisotopic (exact) mass is 371 g/mol. The van der Waals surface area contributed by atoms with Crippen molar-refractivity contribution in [2.45, 2.75) is 48.8 Å². The van der Waals surface area contributed by atoms with Gasteiger partial charge in [0.2, 0.25) is 10.0 Å². The Hall–Kier alpha value is -1.67. The molecular formula is C17H16F3NO3S. The van der Waals surface area contributed by atoms with Crippen molar-refractivity contribution in [3.63, 3.8) is 0 Å². The first kappa shape index (κ1) is 16.8. The third-order valence-electron chi connectivity index (χ3n) is 5.07. The molecule has 2 unspecified atom stereocenters. The Balaban J connectivity index is 1.68. The van der Waals surface area contributed by atoms with Crippen molar-refractivity contribution in [1.29, 1.82) is 0 Å². The van der Waals surface area contributed by atoms with Gasteiger partial charge in [-0.1, -0.05) is 11.6 Å². The average molecular weight is 371 g/mol. The minimum absolute atomic E-state index is 0.0285. The van der Waals surface area contributed by atoms with Gasteiger partial charge in [-0.3, -0.25) is 4.79 Å². The van der Waals surface area contributed by atoms with Crippen LogP contribution in [0, 0.1) is 5.92 Å². The molecule has 2 fully saturated rings. The quantitative estimate of drug-likeness (QED) is 0.767. The molecule has 0 amide bonds. The maximum Gasteiger partial charge on any atom is 0.416 e. The number of sulfonamides is 1. The third kappa shape index (κ3) is 2.81. The first-order valence-corrected chi connectivity index (χ1v) is 9.56. The summed E-state index contributed by atoms with van der Waals surface area (Å²) in [6.45, 7) is 0. The van der Waals surface area contributed by atoms with Crippen LogP contribution in [0.4, 0.5) is 13.2 Å². The van der Waals surface area contributed by atoms with E-state index in [1.807, 2.05) is 6.08 Å². The second kappa shape index (κ2) is 5.41. The first-order chi connectivity index (χ1) is 11.7. The van der Waals surface area contributed by atoms with Gasteiger partial charge in [-0.15, -0.1) is 0 Å². The molecule has 134 valence electrons. The fourth-order valence-electron chi connectivity index (χ4n) is 3.78. The number of ketones is 1. The molecule has 8 heteroatoms. The van der Waals surface area contributed by atoms with E-state index in [0.717, 1.165) is 42.7 Å². The normalized spacial score (nSPS) is 27.5. The lowest BCUT2D eigenvalue weighted by Gasteiger charge is -2.34. The molecule has 1 aromatic rings. The molecule has 2 atom stereocenters. The maximum atomic E-state index is 13.0. The number of rotatable bonds is 3. The summed E-state index contributed by atoms with van der Waals surface area (Å²) in [5.74, 6) is 0.368. The number of halogens is 3. The van der Waals surface area contributed by atoms with Crippen molar-refractivity contribution >= 4 is 15.8 Å². The molecule has 0 aromatic heterocycles. The lowest BCUT2D eigenvalue weighted by Crippen LogP contribution is -2.48. The zero-order chi connectivity index (χ0) is 18.0. The summed E-state index contributed by atoms with van der Waals surface area (Å²) in [5, 5.41) is 0. The lowest BCUT2D eigenvalue weighted by atomic mass is 9.99. The van der Waals surface area contributed by atoms with Crippen molar-refractivity contribution in [2.24, 2.45) is 5.92 Å². The van der Waals surface area contributed by atoms with E-state index < -0.39 is 33.8 Å². The van der Waals surface area contributed by atoms with E-state index in [4.69, 9.17) is 0 Å². The van der Waals surface area contributed by atoms with Gasteiger partial charge in [0.15, 0.2) is 0 Å². The van der Waals surface area contributed by atoms with Crippen LogP contribution in [0.25, 0.3) is 0 Å². The van der Waals surface area contributed by atoms with Gasteiger partial charge in [-0.25, -0.2) is 8.42 Å². The molecule has 0 radical (unpaired) electrons. The maximum absolute atomic E-state index is 13.0. The molecule has 2 aliphatic heterocycles. The Kier molecular flexibility index (Phi) is 3.63. The number of hydrogen-bond acceptors (Lipinski definition) is 3. The predicted molar refractivity (Wildman–Crippen MR) is 83.1 cm³/mol. The van der Waals surface area contributed by atoms with Gasteiger partial charge >= 0.3 is 6.18 Å². The minimum atomic E-state index is -4.51. The fraction of sp³-hybridized carbons (Fsp3) is 0.471. The molecule has 25 heavy (non-hydrogen) atoms. The summed E-state index contributed by atoms with van der Waals surface area (Å²) in [7, 11) is -3.96. The number of piperidine rings is 1. The van der Waals surface area contributed by atoms with Crippen molar-refractivity contribution in [2.75, 3.05) is 0 Å². The minimum Gasteiger partial charge on any atom is -0.300 e. The topological polar surface area (TPSA) is 54.5 Å². The van der Waals surface area contributed by atoms with Gasteiger partial charge < -0.3 is 0 Å². The van der Waals surface area contributed by atoms with Crippen LogP contribution in [0.3, 0.4) is 0 Å². The van der Waals surface area contributed by atoms with Crippen LogP contribution in [0.2, 0.25) is 0 Å². The number of hydrogen-bond donors (Lipinski definition) is 0. The summed E-state index contributed by atoms with van der Waals surface area (Å²) < 4.78 is 65.4. The van der Waals surface area contributed by atoms with Crippen molar-refractivity contribution in [3.8, 4) is 0 Å². The molecule has 2 heterocycles. The fourth-order valence-corrected chi connectivity index (χ4v) is 5.53. The zero-order valence-electron chi connectivity index (χ0n) is 13.2. The van der Waals surface area contributed by atoms with E-state index in [1.54, 1.807) is 0 Å². The Morgan fingerprint density at radius 1 is 1.04 bits per heavy atom. The summed E-state index contributed by atoms with van der Waals surface area (Å²) in [4.78, 5) is 11.7. The van der Waals surface area contributed by atoms with E-state index in [1.165, 1.54) is 4.31 Å². The smallest absolute Gasteiger partial charge is 0.300 e. The molecule has 0 spiro atoms. The van der Waals surface area contributed by atoms with Gasteiger partial charge in [0, 0.05) is 12.8 Å². The second-order valence-corrected chi connectivity index (χ2v) is 8.67. The van der Waals surface area contributed by atoms with Gasteiger partial charge in [0.1, 0.15) is 5.78 Å². The van der Waals surface area contributed by atoms with Crippen LogP contribution in [0.5, 0.6) is 0 Å². The Bertz CT molecular complexity index is 854. The molecule has 1 saturated carbocycles. The number of carbonyl (C=O) groups is 1. The number of nitrogens with zero attached hydrogens (tertiary/aromatic N) is 1. The van der Waals surface area contributed by atoms with Crippen LogP contribution in [0.1, 0.15) is 31.2 Å². The van der Waals surface area contributed by atoms with Crippen molar-refractivity contribution in [1.82, 2.24) is 4.31 Å².